The van der Waals surface area contributed by atoms with E-state index in [9.17, 15) is 0 Å². The monoisotopic (exact) mass is 349 g/mol. The Bertz CT molecular complexity index is 771. The summed E-state index contributed by atoms with van der Waals surface area (Å²) in [5, 5.41) is 10.3. The number of ether oxygens (including phenoxy) is 2. The molecule has 2 aromatic heterocycles. The highest BCUT2D eigenvalue weighted by Crippen LogP contribution is 2.30. The number of thiazole rings is 1. The van der Waals surface area contributed by atoms with Gasteiger partial charge in [0.15, 0.2) is 0 Å². The summed E-state index contributed by atoms with van der Waals surface area (Å²) in [5.41, 5.74) is 1.05. The fraction of sp³-hybridized carbons (Fsp3) is 0.200. The van der Waals surface area contributed by atoms with E-state index in [2.05, 4.69) is 19.9 Å². The van der Waals surface area contributed by atoms with E-state index in [-0.39, 0.29) is 0 Å². The third-order valence-corrected chi connectivity index (χ3v) is 4.19. The third kappa shape index (κ3) is 5.11. The van der Waals surface area contributed by atoms with Gasteiger partial charge in [-0.25, -0.2) is 4.98 Å². The van der Waals surface area contributed by atoms with Crippen molar-refractivity contribution in [3.63, 3.8) is 0 Å². The summed E-state index contributed by atoms with van der Waals surface area (Å²) < 4.78 is 9.55. The Hall–Kier alpha value is -2.32. The number of nitrogens with zero attached hydrogens (tertiary/aromatic N) is 3. The maximum atomic E-state index is 8.95. The summed E-state index contributed by atoms with van der Waals surface area (Å²) in [5.74, 6) is 0.751. The first-order valence-electron chi connectivity index (χ1n) is 6.59. The number of aromatic nitrogens is 3. The number of aryl methyl sites for hydroxylation is 2. The molecule has 0 amide bonds. The molecule has 120 valence electrons. The maximum absolute atomic E-state index is 8.95. The Morgan fingerprint density at radius 2 is 1.96 bits per heavy atom. The van der Waals surface area contributed by atoms with Gasteiger partial charge >= 0.3 is 0 Å². The van der Waals surface area contributed by atoms with Crippen LogP contribution in [0, 0.1) is 13.8 Å². The first-order valence-corrected chi connectivity index (χ1v) is 8.23. The Balaban J connectivity index is 0.000000433. The lowest BCUT2D eigenvalue weighted by Crippen LogP contribution is -1.84. The van der Waals surface area contributed by atoms with Crippen LogP contribution >= 0.6 is 22.7 Å². The lowest BCUT2D eigenvalue weighted by Gasteiger charge is -2.02. The second kappa shape index (κ2) is 8.35. The standard InChI is InChI=1S/C13H11N3OS2.C2H4O2/c1-8-7-14-12(18-8)10-4-3-5-11(6-10)17-13-16-15-9(2)19-13;1-4-2-3/h3-7H,1-2H3;2H,1H3. The largest absolute Gasteiger partial charge is 0.471 e. The highest BCUT2D eigenvalue weighted by atomic mass is 32.1. The number of benzene rings is 1. The van der Waals surface area contributed by atoms with E-state index >= 15 is 0 Å². The van der Waals surface area contributed by atoms with Gasteiger partial charge in [0, 0.05) is 16.6 Å². The van der Waals surface area contributed by atoms with E-state index in [0.717, 1.165) is 21.3 Å². The molecule has 8 heteroatoms. The van der Waals surface area contributed by atoms with Crippen molar-refractivity contribution >= 4 is 29.1 Å². The molecule has 0 radical (unpaired) electrons. The van der Waals surface area contributed by atoms with E-state index in [4.69, 9.17) is 9.53 Å². The fourth-order valence-corrected chi connectivity index (χ4v) is 2.92. The molecular weight excluding hydrogens is 334 g/mol. The van der Waals surface area contributed by atoms with Crippen LogP contribution in [0.2, 0.25) is 0 Å². The van der Waals surface area contributed by atoms with Crippen LogP contribution in [-0.4, -0.2) is 28.8 Å². The quantitative estimate of drug-likeness (QED) is 0.666. The van der Waals surface area contributed by atoms with Crippen LogP contribution in [0.5, 0.6) is 10.9 Å². The summed E-state index contributed by atoms with van der Waals surface area (Å²) in [4.78, 5) is 14.5. The van der Waals surface area contributed by atoms with Crippen molar-refractivity contribution in [3.8, 4) is 21.5 Å². The topological polar surface area (TPSA) is 74.2 Å². The van der Waals surface area contributed by atoms with Gasteiger partial charge in [0.1, 0.15) is 15.8 Å². The average Bonchev–Trinajstić information content (AvgIpc) is 3.16. The van der Waals surface area contributed by atoms with Crippen molar-refractivity contribution in [2.75, 3.05) is 7.11 Å². The first kappa shape index (κ1) is 17.0. The van der Waals surface area contributed by atoms with Crippen molar-refractivity contribution in [1.82, 2.24) is 15.2 Å². The molecule has 0 atom stereocenters. The number of hydrogen-bond acceptors (Lipinski definition) is 8. The minimum Gasteiger partial charge on any atom is -0.471 e. The SMILES string of the molecule is COC=O.Cc1cnc(-c2cccc(Oc3nnc(C)s3)c2)s1. The minimum atomic E-state index is 0.375. The van der Waals surface area contributed by atoms with Crippen molar-refractivity contribution < 1.29 is 14.3 Å². The van der Waals surface area contributed by atoms with E-state index < -0.39 is 0 Å². The van der Waals surface area contributed by atoms with Gasteiger partial charge in [0.25, 0.3) is 11.7 Å². The van der Waals surface area contributed by atoms with E-state index in [1.54, 1.807) is 11.3 Å². The van der Waals surface area contributed by atoms with Crippen LogP contribution in [0.25, 0.3) is 10.6 Å². The zero-order valence-electron chi connectivity index (χ0n) is 12.8. The summed E-state index contributed by atoms with van der Waals surface area (Å²) in [7, 11) is 1.31. The molecule has 0 saturated carbocycles. The van der Waals surface area contributed by atoms with E-state index in [1.165, 1.54) is 23.3 Å². The molecule has 2 heterocycles. The molecule has 0 aliphatic heterocycles. The van der Waals surface area contributed by atoms with Gasteiger partial charge in [0.2, 0.25) is 0 Å². The highest BCUT2D eigenvalue weighted by Gasteiger charge is 2.07. The van der Waals surface area contributed by atoms with Crippen LogP contribution < -0.4 is 4.74 Å². The number of carbonyl (C=O) groups is 1. The number of methoxy groups -OCH3 is 1. The van der Waals surface area contributed by atoms with Gasteiger partial charge in [-0.3, -0.25) is 4.79 Å². The van der Waals surface area contributed by atoms with Crippen molar-refractivity contribution in [2.24, 2.45) is 0 Å². The van der Waals surface area contributed by atoms with Gasteiger partial charge in [-0.2, -0.15) is 0 Å². The molecule has 0 aliphatic carbocycles. The van der Waals surface area contributed by atoms with Gasteiger partial charge in [0.05, 0.1) is 7.11 Å². The first-order chi connectivity index (χ1) is 11.1. The molecule has 0 bridgehead atoms. The number of carbonyl (C=O) groups excluding carboxylic acids is 1. The second-order valence-corrected chi connectivity index (χ2v) is 6.70. The Kier molecular flexibility index (Phi) is 6.19. The molecule has 3 rings (SSSR count). The molecule has 1 aromatic carbocycles. The molecule has 0 spiro atoms. The molecule has 0 unspecified atom stereocenters. The number of rotatable bonds is 4. The highest BCUT2D eigenvalue weighted by molar-refractivity contribution is 7.15. The normalized spacial score (nSPS) is 9.70. The molecule has 6 nitrogen and oxygen atoms in total. The van der Waals surface area contributed by atoms with Crippen molar-refractivity contribution in [3.05, 3.63) is 40.3 Å². The summed E-state index contributed by atoms with van der Waals surface area (Å²) in [6.07, 6.45) is 1.88. The lowest BCUT2D eigenvalue weighted by atomic mass is 10.2. The molecular formula is C15H15N3O3S2. The third-order valence-electron chi connectivity index (χ3n) is 2.51. The van der Waals surface area contributed by atoms with Crippen molar-refractivity contribution in [1.29, 1.82) is 0 Å². The van der Waals surface area contributed by atoms with Crippen LogP contribution in [0.1, 0.15) is 9.88 Å². The zero-order valence-corrected chi connectivity index (χ0v) is 14.5. The van der Waals surface area contributed by atoms with Crippen LogP contribution in [0.3, 0.4) is 0 Å². The average molecular weight is 349 g/mol. The number of hydrogen-bond donors (Lipinski definition) is 0. The van der Waals surface area contributed by atoms with Crippen LogP contribution in [0.4, 0.5) is 0 Å². The van der Waals surface area contributed by atoms with Crippen LogP contribution in [-0.2, 0) is 9.53 Å². The smallest absolute Gasteiger partial charge is 0.299 e. The Morgan fingerprint density at radius 3 is 2.52 bits per heavy atom. The molecule has 0 aliphatic rings. The lowest BCUT2D eigenvalue weighted by molar-refractivity contribution is -0.126. The van der Waals surface area contributed by atoms with E-state index in [1.807, 2.05) is 44.3 Å². The van der Waals surface area contributed by atoms with Gasteiger partial charge in [-0.05, 0) is 26.0 Å². The van der Waals surface area contributed by atoms with Gasteiger partial charge < -0.3 is 9.47 Å². The zero-order chi connectivity index (χ0) is 16.7. The molecule has 0 N–H and O–H groups in total. The Morgan fingerprint density at radius 1 is 1.17 bits per heavy atom. The molecule has 3 aromatic rings. The van der Waals surface area contributed by atoms with Crippen molar-refractivity contribution in [2.45, 2.75) is 13.8 Å². The predicted molar refractivity (Wildman–Crippen MR) is 90.1 cm³/mol. The minimum absolute atomic E-state index is 0.375. The maximum Gasteiger partial charge on any atom is 0.299 e. The fourth-order valence-electron chi connectivity index (χ4n) is 1.60. The Labute approximate surface area is 141 Å². The molecule has 0 saturated heterocycles. The van der Waals surface area contributed by atoms with Crippen LogP contribution in [0.15, 0.2) is 30.5 Å². The second-order valence-electron chi connectivity index (χ2n) is 4.32. The predicted octanol–water partition coefficient (Wildman–Crippen LogP) is 3.86. The summed E-state index contributed by atoms with van der Waals surface area (Å²) >= 11 is 3.10. The summed E-state index contributed by atoms with van der Waals surface area (Å²) in [6, 6.07) is 7.85. The molecule has 23 heavy (non-hydrogen) atoms. The summed E-state index contributed by atoms with van der Waals surface area (Å²) in [6.45, 7) is 4.32. The molecule has 0 fully saturated rings. The van der Waals surface area contributed by atoms with E-state index in [0.29, 0.717) is 11.7 Å². The van der Waals surface area contributed by atoms with Gasteiger partial charge in [-0.15, -0.1) is 16.4 Å². The van der Waals surface area contributed by atoms with Gasteiger partial charge in [-0.1, -0.05) is 28.6 Å².